The molecule has 0 saturated heterocycles. The van der Waals surface area contributed by atoms with Crippen molar-refractivity contribution in [2.24, 2.45) is 0 Å². The summed E-state index contributed by atoms with van der Waals surface area (Å²) in [6.45, 7) is 5.63. The number of carboxylic acid groups (broad SMARTS) is 1. The van der Waals surface area contributed by atoms with Gasteiger partial charge in [0.1, 0.15) is 12.6 Å². The Bertz CT molecular complexity index is 972. The molecule has 0 spiro atoms. The number of benzene rings is 2. The van der Waals surface area contributed by atoms with E-state index in [9.17, 15) is 14.4 Å². The molecular weight excluding hydrogens is 420 g/mol. The Morgan fingerprint density at radius 1 is 1.03 bits per heavy atom. The number of hydrogen-bond donors (Lipinski definition) is 3. The van der Waals surface area contributed by atoms with Crippen molar-refractivity contribution in [3.63, 3.8) is 0 Å². The maximum Gasteiger partial charge on any atom is 0.407 e. The van der Waals surface area contributed by atoms with Gasteiger partial charge >= 0.3 is 12.1 Å². The van der Waals surface area contributed by atoms with Crippen molar-refractivity contribution in [1.82, 2.24) is 10.6 Å². The van der Waals surface area contributed by atoms with Gasteiger partial charge in [0, 0.05) is 17.9 Å². The highest BCUT2D eigenvalue weighted by molar-refractivity contribution is 5.86. The van der Waals surface area contributed by atoms with Crippen molar-refractivity contribution >= 4 is 18.0 Å². The van der Waals surface area contributed by atoms with Gasteiger partial charge in [0.15, 0.2) is 0 Å². The molecule has 0 heterocycles. The lowest BCUT2D eigenvalue weighted by Gasteiger charge is -2.28. The zero-order chi connectivity index (χ0) is 24.0. The number of ether oxygens (including phenoxy) is 1. The number of amides is 2. The molecule has 0 radical (unpaired) electrons. The number of carboxylic acids is 1. The highest BCUT2D eigenvalue weighted by Gasteiger charge is 2.30. The average molecular weight is 453 g/mol. The molecule has 1 atom stereocenters. The summed E-state index contributed by atoms with van der Waals surface area (Å²) in [7, 11) is 0. The van der Waals surface area contributed by atoms with Gasteiger partial charge in [0.05, 0.1) is 0 Å². The fourth-order valence-corrected chi connectivity index (χ4v) is 4.24. The number of aliphatic carboxylic acids is 1. The van der Waals surface area contributed by atoms with Crippen LogP contribution in [0.1, 0.15) is 63.5 Å². The Morgan fingerprint density at radius 3 is 2.15 bits per heavy atom. The normalized spacial score (nSPS) is 13.5. The molecule has 33 heavy (non-hydrogen) atoms. The predicted molar refractivity (Wildman–Crippen MR) is 126 cm³/mol. The largest absolute Gasteiger partial charge is 0.481 e. The van der Waals surface area contributed by atoms with Crippen LogP contribution < -0.4 is 10.6 Å². The van der Waals surface area contributed by atoms with E-state index in [0.717, 1.165) is 22.3 Å². The summed E-state index contributed by atoms with van der Waals surface area (Å²) in [6.07, 6.45) is 0.736. The number of hydrogen-bond acceptors (Lipinski definition) is 4. The summed E-state index contributed by atoms with van der Waals surface area (Å²) in [5.41, 5.74) is 3.83. The molecule has 0 saturated carbocycles. The topological polar surface area (TPSA) is 105 Å². The highest BCUT2D eigenvalue weighted by atomic mass is 16.5. The van der Waals surface area contributed by atoms with Gasteiger partial charge in [-0.25, -0.2) is 4.79 Å². The first-order valence-corrected chi connectivity index (χ1v) is 11.4. The molecule has 0 fully saturated rings. The van der Waals surface area contributed by atoms with E-state index in [0.29, 0.717) is 12.8 Å². The molecule has 1 aliphatic carbocycles. The first-order chi connectivity index (χ1) is 15.7. The molecule has 0 aliphatic heterocycles. The second-order valence-corrected chi connectivity index (χ2v) is 9.08. The Hall–Kier alpha value is -3.35. The summed E-state index contributed by atoms with van der Waals surface area (Å²) in [5.74, 6) is -1.32. The molecule has 3 rings (SSSR count). The predicted octanol–water partition coefficient (Wildman–Crippen LogP) is 4.45. The number of carbonyl (C=O) groups excluding carboxylic acids is 2. The Balaban J connectivity index is 1.61. The van der Waals surface area contributed by atoms with E-state index < -0.39 is 23.6 Å². The quantitative estimate of drug-likeness (QED) is 0.494. The first kappa shape index (κ1) is 24.3. The van der Waals surface area contributed by atoms with Crippen LogP contribution >= 0.6 is 0 Å². The lowest BCUT2D eigenvalue weighted by atomic mass is 9.97. The van der Waals surface area contributed by atoms with Crippen molar-refractivity contribution in [3.05, 3.63) is 59.7 Å². The molecule has 2 aromatic rings. The minimum Gasteiger partial charge on any atom is -0.481 e. The van der Waals surface area contributed by atoms with E-state index in [4.69, 9.17) is 9.84 Å². The third-order valence-electron chi connectivity index (χ3n) is 5.96. The Morgan fingerprint density at radius 2 is 1.61 bits per heavy atom. The molecule has 0 bridgehead atoms. The van der Waals surface area contributed by atoms with Crippen molar-refractivity contribution in [3.8, 4) is 11.1 Å². The third-order valence-corrected chi connectivity index (χ3v) is 5.96. The SMILES string of the molecule is CCCC(NC(=O)OCC1c2ccccc2-c2ccccc21)C(=O)NC(C)(C)CCC(=O)O. The first-order valence-electron chi connectivity index (χ1n) is 11.4. The minimum absolute atomic E-state index is 0.0501. The third kappa shape index (κ3) is 6.12. The summed E-state index contributed by atoms with van der Waals surface area (Å²) >= 11 is 0. The standard InChI is InChI=1S/C26H32N2O5/c1-4-9-22(24(31)28-26(2,3)15-14-23(29)30)27-25(32)33-16-21-19-12-7-5-10-17(19)18-11-6-8-13-20(18)21/h5-8,10-13,21-22H,4,9,14-16H2,1-3H3,(H,27,32)(H,28,31)(H,29,30). The number of alkyl carbamates (subject to hydrolysis) is 1. The van der Waals surface area contributed by atoms with E-state index in [-0.39, 0.29) is 31.3 Å². The van der Waals surface area contributed by atoms with Gasteiger partial charge in [0.2, 0.25) is 5.91 Å². The van der Waals surface area contributed by atoms with Crippen LogP contribution in [0, 0.1) is 0 Å². The highest BCUT2D eigenvalue weighted by Crippen LogP contribution is 2.44. The summed E-state index contributed by atoms with van der Waals surface area (Å²) in [4.78, 5) is 36.3. The summed E-state index contributed by atoms with van der Waals surface area (Å²) < 4.78 is 5.57. The van der Waals surface area contributed by atoms with E-state index in [1.165, 1.54) is 0 Å². The molecule has 176 valence electrons. The molecule has 2 aromatic carbocycles. The van der Waals surface area contributed by atoms with E-state index in [2.05, 4.69) is 22.8 Å². The molecule has 0 aromatic heterocycles. The van der Waals surface area contributed by atoms with Crippen LogP contribution in [0.4, 0.5) is 4.79 Å². The number of fused-ring (bicyclic) bond motifs is 3. The monoisotopic (exact) mass is 452 g/mol. The van der Waals surface area contributed by atoms with Crippen molar-refractivity contribution in [2.45, 2.75) is 64.0 Å². The van der Waals surface area contributed by atoms with Crippen molar-refractivity contribution < 1.29 is 24.2 Å². The zero-order valence-corrected chi connectivity index (χ0v) is 19.4. The lowest BCUT2D eigenvalue weighted by molar-refractivity contribution is -0.138. The van der Waals surface area contributed by atoms with Crippen LogP contribution in [0.2, 0.25) is 0 Å². The zero-order valence-electron chi connectivity index (χ0n) is 19.4. The van der Waals surface area contributed by atoms with Crippen LogP contribution in [0.15, 0.2) is 48.5 Å². The van der Waals surface area contributed by atoms with Crippen molar-refractivity contribution in [2.75, 3.05) is 6.61 Å². The molecule has 1 aliphatic rings. The van der Waals surface area contributed by atoms with Gasteiger partial charge in [-0.1, -0.05) is 61.9 Å². The maximum atomic E-state index is 12.8. The van der Waals surface area contributed by atoms with Crippen LogP contribution in [-0.4, -0.2) is 41.3 Å². The average Bonchev–Trinajstić information content (AvgIpc) is 3.09. The van der Waals surface area contributed by atoms with Crippen LogP contribution in [0.3, 0.4) is 0 Å². The summed E-state index contributed by atoms with van der Waals surface area (Å²) in [6, 6.07) is 15.4. The lowest BCUT2D eigenvalue weighted by Crippen LogP contribution is -2.53. The van der Waals surface area contributed by atoms with E-state index >= 15 is 0 Å². The van der Waals surface area contributed by atoms with E-state index in [1.807, 2.05) is 43.3 Å². The fraction of sp³-hybridized carbons (Fsp3) is 0.423. The van der Waals surface area contributed by atoms with Crippen LogP contribution in [0.5, 0.6) is 0 Å². The van der Waals surface area contributed by atoms with Gasteiger partial charge in [-0.15, -0.1) is 0 Å². The number of nitrogens with one attached hydrogen (secondary N) is 2. The van der Waals surface area contributed by atoms with Gasteiger partial charge in [0.25, 0.3) is 0 Å². The summed E-state index contributed by atoms with van der Waals surface area (Å²) in [5, 5.41) is 14.4. The van der Waals surface area contributed by atoms with Crippen LogP contribution in [-0.2, 0) is 14.3 Å². The smallest absolute Gasteiger partial charge is 0.407 e. The van der Waals surface area contributed by atoms with E-state index in [1.54, 1.807) is 13.8 Å². The maximum absolute atomic E-state index is 12.8. The molecule has 3 N–H and O–H groups in total. The second-order valence-electron chi connectivity index (χ2n) is 9.08. The number of carbonyl (C=O) groups is 3. The second kappa shape index (κ2) is 10.5. The fourth-order valence-electron chi connectivity index (χ4n) is 4.24. The number of rotatable bonds is 10. The van der Waals surface area contributed by atoms with Gasteiger partial charge in [-0.3, -0.25) is 9.59 Å². The Labute approximate surface area is 194 Å². The van der Waals surface area contributed by atoms with Crippen LogP contribution in [0.25, 0.3) is 11.1 Å². The van der Waals surface area contributed by atoms with Crippen molar-refractivity contribution in [1.29, 1.82) is 0 Å². The Kier molecular flexibility index (Phi) is 7.74. The molecule has 7 heteroatoms. The molecule has 2 amide bonds. The molecule has 1 unspecified atom stereocenters. The van der Waals surface area contributed by atoms with Gasteiger partial charge < -0.3 is 20.5 Å². The minimum atomic E-state index is -0.917. The van der Waals surface area contributed by atoms with Gasteiger partial charge in [-0.2, -0.15) is 0 Å². The van der Waals surface area contributed by atoms with Gasteiger partial charge in [-0.05, 0) is 48.9 Å². The molecular formula is C26H32N2O5. The molecule has 7 nitrogen and oxygen atoms in total.